The lowest BCUT2D eigenvalue weighted by Gasteiger charge is -2.20. The van der Waals surface area contributed by atoms with Gasteiger partial charge in [0, 0.05) is 6.54 Å². The van der Waals surface area contributed by atoms with E-state index in [0.717, 1.165) is 0 Å². The number of H-pyrrole nitrogens is 2. The molecule has 0 bridgehead atoms. The van der Waals surface area contributed by atoms with E-state index in [1.807, 2.05) is 6.92 Å². The highest BCUT2D eigenvalue weighted by Crippen LogP contribution is 2.19. The number of aromatic amines is 2. The average Bonchev–Trinajstić information content (AvgIpc) is 2.85. The second-order valence-corrected chi connectivity index (χ2v) is 4.26. The van der Waals surface area contributed by atoms with Gasteiger partial charge in [0.1, 0.15) is 17.4 Å². The number of aryl methyl sites for hydroxylation is 1. The highest BCUT2D eigenvalue weighted by molar-refractivity contribution is 5.69. The Labute approximate surface area is 107 Å². The summed E-state index contributed by atoms with van der Waals surface area (Å²) < 4.78 is 12.2. The van der Waals surface area contributed by atoms with Crippen molar-refractivity contribution in [2.75, 3.05) is 19.8 Å². The number of ether oxygens (including phenoxy) is 2. The average molecular weight is 266 g/mol. The van der Waals surface area contributed by atoms with Gasteiger partial charge in [0.15, 0.2) is 5.65 Å². The van der Waals surface area contributed by atoms with Gasteiger partial charge < -0.3 is 14.5 Å². The van der Waals surface area contributed by atoms with Crippen molar-refractivity contribution in [3.8, 4) is 0 Å². The van der Waals surface area contributed by atoms with Gasteiger partial charge in [0.25, 0.3) is 5.56 Å². The number of rotatable bonds is 2. The van der Waals surface area contributed by atoms with Crippen molar-refractivity contribution in [3.05, 3.63) is 26.7 Å². The van der Waals surface area contributed by atoms with Crippen molar-refractivity contribution in [2.24, 2.45) is 0 Å². The van der Waals surface area contributed by atoms with Crippen LogP contribution in [0.2, 0.25) is 0 Å². The number of nitrogens with zero attached hydrogens (tertiary/aromatic N) is 2. The summed E-state index contributed by atoms with van der Waals surface area (Å²) in [5.74, 6) is 0.507. The van der Waals surface area contributed by atoms with Crippen LogP contribution < -0.4 is 11.2 Å². The number of aromatic nitrogens is 4. The monoisotopic (exact) mass is 266 g/mol. The lowest BCUT2D eigenvalue weighted by atomic mass is 10.3. The first-order valence-electron chi connectivity index (χ1n) is 6.12. The van der Waals surface area contributed by atoms with E-state index in [1.165, 1.54) is 4.57 Å². The summed E-state index contributed by atoms with van der Waals surface area (Å²) in [6, 6.07) is 0. The van der Waals surface area contributed by atoms with Crippen LogP contribution in [0, 0.1) is 0 Å². The predicted molar refractivity (Wildman–Crippen MR) is 66.2 cm³/mol. The Morgan fingerprint density at radius 1 is 1.37 bits per heavy atom. The number of imidazole rings is 1. The van der Waals surface area contributed by atoms with E-state index in [1.54, 1.807) is 0 Å². The smallest absolute Gasteiger partial charge is 0.330 e. The first kappa shape index (κ1) is 12.1. The van der Waals surface area contributed by atoms with Crippen LogP contribution in [-0.4, -0.2) is 39.3 Å². The van der Waals surface area contributed by atoms with Crippen molar-refractivity contribution < 1.29 is 9.47 Å². The maximum absolute atomic E-state index is 11.8. The second-order valence-electron chi connectivity index (χ2n) is 4.26. The molecule has 8 heteroatoms. The van der Waals surface area contributed by atoms with Gasteiger partial charge in [-0.25, -0.2) is 9.78 Å². The molecule has 3 rings (SSSR count). The highest BCUT2D eigenvalue weighted by Gasteiger charge is 2.22. The Balaban J connectivity index is 2.16. The van der Waals surface area contributed by atoms with E-state index < -0.39 is 11.2 Å². The van der Waals surface area contributed by atoms with Gasteiger partial charge in [-0.05, 0) is 6.92 Å². The lowest BCUT2D eigenvalue weighted by Crippen LogP contribution is -2.29. The second kappa shape index (κ2) is 4.63. The fourth-order valence-electron chi connectivity index (χ4n) is 2.15. The van der Waals surface area contributed by atoms with Crippen LogP contribution in [0.15, 0.2) is 9.59 Å². The molecule has 19 heavy (non-hydrogen) atoms. The Morgan fingerprint density at radius 2 is 2.21 bits per heavy atom. The van der Waals surface area contributed by atoms with E-state index >= 15 is 0 Å². The fraction of sp³-hybridized carbons (Fsp3) is 0.545. The van der Waals surface area contributed by atoms with Gasteiger partial charge in [-0.1, -0.05) is 0 Å². The van der Waals surface area contributed by atoms with Crippen LogP contribution in [-0.2, 0) is 16.0 Å². The molecule has 102 valence electrons. The molecule has 0 saturated carbocycles. The Bertz CT molecular complexity index is 708. The molecule has 2 N–H and O–H groups in total. The largest absolute Gasteiger partial charge is 0.376 e. The Kier molecular flexibility index (Phi) is 2.96. The van der Waals surface area contributed by atoms with Crippen molar-refractivity contribution >= 4 is 11.2 Å². The quantitative estimate of drug-likeness (QED) is 0.764. The zero-order valence-corrected chi connectivity index (χ0v) is 10.4. The van der Waals surface area contributed by atoms with Crippen LogP contribution in [0.4, 0.5) is 0 Å². The summed E-state index contributed by atoms with van der Waals surface area (Å²) in [4.78, 5) is 32.9. The van der Waals surface area contributed by atoms with Crippen LogP contribution >= 0.6 is 0 Å². The van der Waals surface area contributed by atoms with E-state index in [2.05, 4.69) is 15.0 Å². The molecule has 1 saturated heterocycles. The van der Waals surface area contributed by atoms with Gasteiger partial charge in [-0.15, -0.1) is 0 Å². The molecule has 1 aliphatic rings. The molecular weight excluding hydrogens is 252 g/mol. The molecule has 0 aromatic carbocycles. The van der Waals surface area contributed by atoms with Crippen LogP contribution in [0.25, 0.3) is 11.2 Å². The zero-order valence-electron chi connectivity index (χ0n) is 10.4. The number of nitrogens with one attached hydrogen (secondary N) is 2. The first-order chi connectivity index (χ1) is 9.20. The van der Waals surface area contributed by atoms with E-state index in [9.17, 15) is 9.59 Å². The topological polar surface area (TPSA) is 102 Å². The van der Waals surface area contributed by atoms with Gasteiger partial charge in [0.05, 0.1) is 19.8 Å². The summed E-state index contributed by atoms with van der Waals surface area (Å²) in [5.41, 5.74) is -0.301. The standard InChI is InChI=1S/C11H14N4O4/c1-2-15-9-7(10(16)14-11(15)17)12-8(13-9)6-5-18-3-4-19-6/h6H,2-5H2,1H3,(H,12,13)(H,14,16,17). The van der Waals surface area contributed by atoms with Gasteiger partial charge in [0.2, 0.25) is 0 Å². The van der Waals surface area contributed by atoms with Gasteiger partial charge in [-0.3, -0.25) is 14.3 Å². The van der Waals surface area contributed by atoms with Crippen LogP contribution in [0.1, 0.15) is 18.9 Å². The third-order valence-electron chi connectivity index (χ3n) is 3.09. The third kappa shape index (κ3) is 1.98. The molecule has 0 radical (unpaired) electrons. The molecule has 0 aliphatic carbocycles. The summed E-state index contributed by atoms with van der Waals surface area (Å²) >= 11 is 0. The number of hydrogen-bond donors (Lipinski definition) is 2. The lowest BCUT2D eigenvalue weighted by molar-refractivity contribution is -0.0931. The van der Waals surface area contributed by atoms with Crippen molar-refractivity contribution in [1.82, 2.24) is 19.5 Å². The summed E-state index contributed by atoms with van der Waals surface area (Å²) in [6.45, 7) is 3.66. The zero-order chi connectivity index (χ0) is 13.4. The molecule has 1 fully saturated rings. The minimum absolute atomic E-state index is 0.283. The molecule has 2 aromatic heterocycles. The summed E-state index contributed by atoms with van der Waals surface area (Å²) in [5, 5.41) is 0. The van der Waals surface area contributed by atoms with Crippen molar-refractivity contribution in [2.45, 2.75) is 19.6 Å². The summed E-state index contributed by atoms with van der Waals surface area (Å²) in [7, 11) is 0. The molecule has 3 heterocycles. The maximum atomic E-state index is 11.8. The van der Waals surface area contributed by atoms with Crippen LogP contribution in [0.3, 0.4) is 0 Å². The van der Waals surface area contributed by atoms with Crippen LogP contribution in [0.5, 0.6) is 0 Å². The summed E-state index contributed by atoms with van der Waals surface area (Å²) in [6.07, 6.45) is -0.332. The van der Waals surface area contributed by atoms with Crippen molar-refractivity contribution in [1.29, 1.82) is 0 Å². The highest BCUT2D eigenvalue weighted by atomic mass is 16.6. The molecule has 8 nitrogen and oxygen atoms in total. The third-order valence-corrected chi connectivity index (χ3v) is 3.09. The van der Waals surface area contributed by atoms with E-state index in [0.29, 0.717) is 37.8 Å². The molecule has 1 atom stereocenters. The van der Waals surface area contributed by atoms with E-state index in [4.69, 9.17) is 9.47 Å². The fourth-order valence-corrected chi connectivity index (χ4v) is 2.15. The minimum Gasteiger partial charge on any atom is -0.376 e. The number of fused-ring (bicyclic) bond motifs is 1. The molecule has 1 unspecified atom stereocenters. The minimum atomic E-state index is -0.472. The number of hydrogen-bond acceptors (Lipinski definition) is 5. The maximum Gasteiger partial charge on any atom is 0.330 e. The SMILES string of the molecule is CCn1c(=O)[nH]c(=O)c2[nH]c(C3COCCO3)nc21. The van der Waals surface area contributed by atoms with Gasteiger partial charge in [-0.2, -0.15) is 0 Å². The Hall–Kier alpha value is -1.93. The van der Waals surface area contributed by atoms with Crippen molar-refractivity contribution in [3.63, 3.8) is 0 Å². The molecule has 2 aromatic rings. The molecule has 1 aliphatic heterocycles. The first-order valence-corrected chi connectivity index (χ1v) is 6.12. The van der Waals surface area contributed by atoms with E-state index in [-0.39, 0.29) is 11.6 Å². The predicted octanol–water partition coefficient (Wildman–Crippen LogP) is -0.479. The van der Waals surface area contributed by atoms with Gasteiger partial charge >= 0.3 is 5.69 Å². The molecule has 0 spiro atoms. The molecular formula is C11H14N4O4. The Morgan fingerprint density at radius 3 is 2.89 bits per heavy atom. The normalized spacial score (nSPS) is 19.9. The molecule has 0 amide bonds.